The summed E-state index contributed by atoms with van der Waals surface area (Å²) in [5, 5.41) is 7.15. The topological polar surface area (TPSA) is 29.9 Å². The van der Waals surface area contributed by atoms with Crippen molar-refractivity contribution >= 4 is 21.6 Å². The smallest absolute Gasteiger partial charge is 0.147 e. The summed E-state index contributed by atoms with van der Waals surface area (Å²) in [6, 6.07) is 4.99. The van der Waals surface area contributed by atoms with E-state index >= 15 is 0 Å². The number of anilines is 1. The van der Waals surface area contributed by atoms with Crippen LogP contribution in [-0.2, 0) is 13.5 Å². The number of benzene rings is 1. The van der Waals surface area contributed by atoms with Crippen LogP contribution in [0.1, 0.15) is 5.56 Å². The molecule has 0 saturated heterocycles. The Kier molecular flexibility index (Phi) is 3.78. The van der Waals surface area contributed by atoms with Gasteiger partial charge in [0.1, 0.15) is 5.82 Å². The van der Waals surface area contributed by atoms with E-state index in [2.05, 4.69) is 26.3 Å². The first-order valence-electron chi connectivity index (χ1n) is 5.31. The van der Waals surface area contributed by atoms with Crippen molar-refractivity contribution in [1.29, 1.82) is 0 Å². The van der Waals surface area contributed by atoms with E-state index in [0.29, 0.717) is 12.2 Å². The minimum atomic E-state index is -0.245. The molecule has 0 spiro atoms. The quantitative estimate of drug-likeness (QED) is 0.940. The highest BCUT2D eigenvalue weighted by Crippen LogP contribution is 2.19. The van der Waals surface area contributed by atoms with Crippen molar-refractivity contribution in [3.8, 4) is 0 Å². The van der Waals surface area contributed by atoms with Crippen LogP contribution in [0, 0.1) is 5.82 Å². The average Bonchev–Trinajstić information content (AvgIpc) is 2.68. The van der Waals surface area contributed by atoms with Crippen LogP contribution in [0.3, 0.4) is 0 Å². The zero-order valence-corrected chi connectivity index (χ0v) is 11.0. The van der Waals surface area contributed by atoms with Gasteiger partial charge in [0.05, 0.1) is 11.9 Å². The lowest BCUT2D eigenvalue weighted by Crippen LogP contribution is -2.05. The van der Waals surface area contributed by atoms with Gasteiger partial charge < -0.3 is 5.32 Å². The standard InChI is InChI=1S/C12H13BrFN3/c1-17-8-9(7-16-17)4-5-15-12-3-2-10(13)6-11(12)14/h2-3,6-8,15H,4-5H2,1H3. The third kappa shape index (κ3) is 3.30. The summed E-state index contributed by atoms with van der Waals surface area (Å²) in [7, 11) is 1.88. The van der Waals surface area contributed by atoms with Gasteiger partial charge in [-0.1, -0.05) is 15.9 Å². The minimum Gasteiger partial charge on any atom is -0.382 e. The van der Waals surface area contributed by atoms with Gasteiger partial charge in [0.15, 0.2) is 0 Å². The maximum atomic E-state index is 13.5. The summed E-state index contributed by atoms with van der Waals surface area (Å²) in [6.45, 7) is 0.685. The molecule has 0 unspecified atom stereocenters. The molecule has 1 aromatic heterocycles. The maximum absolute atomic E-state index is 13.5. The lowest BCUT2D eigenvalue weighted by molar-refractivity contribution is 0.629. The van der Waals surface area contributed by atoms with Gasteiger partial charge in [0.25, 0.3) is 0 Å². The normalized spacial score (nSPS) is 10.5. The first-order chi connectivity index (χ1) is 8.15. The van der Waals surface area contributed by atoms with E-state index in [0.717, 1.165) is 16.5 Å². The molecule has 1 heterocycles. The molecule has 3 nitrogen and oxygen atoms in total. The Morgan fingerprint density at radius 2 is 2.29 bits per heavy atom. The van der Waals surface area contributed by atoms with Crippen molar-refractivity contribution in [1.82, 2.24) is 9.78 Å². The Bertz CT molecular complexity index is 510. The molecule has 0 saturated carbocycles. The molecule has 0 radical (unpaired) electrons. The molecule has 17 heavy (non-hydrogen) atoms. The molecule has 0 bridgehead atoms. The molecular formula is C12H13BrFN3. The largest absolute Gasteiger partial charge is 0.382 e. The van der Waals surface area contributed by atoms with Crippen LogP contribution < -0.4 is 5.32 Å². The molecule has 2 rings (SSSR count). The number of halogens is 2. The number of rotatable bonds is 4. The molecule has 0 atom stereocenters. The fourth-order valence-electron chi connectivity index (χ4n) is 1.58. The highest BCUT2D eigenvalue weighted by molar-refractivity contribution is 9.10. The van der Waals surface area contributed by atoms with Gasteiger partial charge in [-0.25, -0.2) is 4.39 Å². The van der Waals surface area contributed by atoms with Gasteiger partial charge in [-0.05, 0) is 30.2 Å². The lowest BCUT2D eigenvalue weighted by Gasteiger charge is -2.06. The van der Waals surface area contributed by atoms with E-state index < -0.39 is 0 Å². The van der Waals surface area contributed by atoms with Crippen LogP contribution in [0.2, 0.25) is 0 Å². The molecule has 0 aliphatic heterocycles. The predicted octanol–water partition coefficient (Wildman–Crippen LogP) is 2.98. The number of aromatic nitrogens is 2. The third-order valence-corrected chi connectivity index (χ3v) is 2.91. The Morgan fingerprint density at radius 3 is 2.94 bits per heavy atom. The fraction of sp³-hybridized carbons (Fsp3) is 0.250. The van der Waals surface area contributed by atoms with Gasteiger partial charge in [-0.15, -0.1) is 0 Å². The molecule has 0 fully saturated rings. The molecule has 1 aromatic carbocycles. The number of aryl methyl sites for hydroxylation is 1. The van der Waals surface area contributed by atoms with Crippen LogP contribution in [0.25, 0.3) is 0 Å². The fourth-order valence-corrected chi connectivity index (χ4v) is 1.91. The van der Waals surface area contributed by atoms with Crippen molar-refractivity contribution in [2.45, 2.75) is 6.42 Å². The van der Waals surface area contributed by atoms with Crippen molar-refractivity contribution in [2.24, 2.45) is 7.05 Å². The van der Waals surface area contributed by atoms with Crippen molar-refractivity contribution in [2.75, 3.05) is 11.9 Å². The number of nitrogens with one attached hydrogen (secondary N) is 1. The Morgan fingerprint density at radius 1 is 1.47 bits per heavy atom. The zero-order chi connectivity index (χ0) is 12.3. The van der Waals surface area contributed by atoms with E-state index in [1.807, 2.05) is 25.5 Å². The molecular weight excluding hydrogens is 285 g/mol. The van der Waals surface area contributed by atoms with E-state index in [9.17, 15) is 4.39 Å². The van der Waals surface area contributed by atoms with E-state index in [1.165, 1.54) is 6.07 Å². The summed E-state index contributed by atoms with van der Waals surface area (Å²) in [5.74, 6) is -0.245. The molecule has 5 heteroatoms. The first-order valence-corrected chi connectivity index (χ1v) is 6.11. The Balaban J connectivity index is 1.90. The SMILES string of the molecule is Cn1cc(CCNc2ccc(Br)cc2F)cn1. The summed E-state index contributed by atoms with van der Waals surface area (Å²) in [6.07, 6.45) is 4.60. The zero-order valence-electron chi connectivity index (χ0n) is 9.45. The van der Waals surface area contributed by atoms with Gasteiger partial charge in [-0.3, -0.25) is 4.68 Å². The monoisotopic (exact) mass is 297 g/mol. The Labute approximate surface area is 108 Å². The second-order valence-electron chi connectivity index (χ2n) is 3.82. The lowest BCUT2D eigenvalue weighted by atomic mass is 10.2. The van der Waals surface area contributed by atoms with Gasteiger partial charge in [-0.2, -0.15) is 5.10 Å². The minimum absolute atomic E-state index is 0.245. The highest BCUT2D eigenvalue weighted by Gasteiger charge is 2.02. The molecule has 90 valence electrons. The summed E-state index contributed by atoms with van der Waals surface area (Å²) < 4.78 is 16.0. The highest BCUT2D eigenvalue weighted by atomic mass is 79.9. The van der Waals surface area contributed by atoms with Crippen molar-refractivity contribution in [3.05, 3.63) is 46.4 Å². The molecule has 1 N–H and O–H groups in total. The van der Waals surface area contributed by atoms with Crippen LogP contribution in [0.4, 0.5) is 10.1 Å². The van der Waals surface area contributed by atoms with Crippen LogP contribution >= 0.6 is 15.9 Å². The second kappa shape index (κ2) is 5.31. The summed E-state index contributed by atoms with van der Waals surface area (Å²) in [5.41, 5.74) is 1.66. The van der Waals surface area contributed by atoms with Crippen molar-refractivity contribution in [3.63, 3.8) is 0 Å². The second-order valence-corrected chi connectivity index (χ2v) is 4.74. The van der Waals surface area contributed by atoms with Crippen LogP contribution in [0.5, 0.6) is 0 Å². The van der Waals surface area contributed by atoms with E-state index in [4.69, 9.17) is 0 Å². The third-order valence-electron chi connectivity index (χ3n) is 2.42. The predicted molar refractivity (Wildman–Crippen MR) is 69.5 cm³/mol. The average molecular weight is 298 g/mol. The van der Waals surface area contributed by atoms with Crippen LogP contribution in [-0.4, -0.2) is 16.3 Å². The van der Waals surface area contributed by atoms with Gasteiger partial charge in [0.2, 0.25) is 0 Å². The Hall–Kier alpha value is -1.36. The number of hydrogen-bond donors (Lipinski definition) is 1. The number of hydrogen-bond acceptors (Lipinski definition) is 2. The summed E-state index contributed by atoms with van der Waals surface area (Å²) in [4.78, 5) is 0. The first kappa shape index (κ1) is 12.1. The molecule has 0 amide bonds. The van der Waals surface area contributed by atoms with Crippen LogP contribution in [0.15, 0.2) is 35.1 Å². The summed E-state index contributed by atoms with van der Waals surface area (Å²) >= 11 is 3.23. The maximum Gasteiger partial charge on any atom is 0.147 e. The van der Waals surface area contributed by atoms with Gasteiger partial charge >= 0.3 is 0 Å². The molecule has 0 aliphatic carbocycles. The van der Waals surface area contributed by atoms with Gasteiger partial charge in [0, 0.05) is 24.3 Å². The molecule has 2 aromatic rings. The van der Waals surface area contributed by atoms with E-state index in [-0.39, 0.29) is 5.82 Å². The number of nitrogens with zero attached hydrogens (tertiary/aromatic N) is 2. The van der Waals surface area contributed by atoms with Crippen molar-refractivity contribution < 1.29 is 4.39 Å². The van der Waals surface area contributed by atoms with E-state index in [1.54, 1.807) is 10.7 Å². The molecule has 0 aliphatic rings.